The van der Waals surface area contributed by atoms with E-state index in [0.29, 0.717) is 12.8 Å². The minimum absolute atomic E-state index is 0.0218. The summed E-state index contributed by atoms with van der Waals surface area (Å²) in [5.74, 6) is 0.170. The van der Waals surface area contributed by atoms with Crippen molar-refractivity contribution < 1.29 is 89.3 Å². The van der Waals surface area contributed by atoms with Crippen LogP contribution in [0.4, 0.5) is 0 Å². The molecule has 3 heterocycles. The second-order valence-electron chi connectivity index (χ2n) is 24.0. The molecule has 25 atom stereocenters. The lowest BCUT2D eigenvalue weighted by atomic mass is 9.33. The van der Waals surface area contributed by atoms with E-state index in [9.17, 15) is 56.2 Å². The molecular weight excluding hydrogens is 877 g/mol. The Morgan fingerprint density at radius 2 is 1.28 bits per heavy atom. The lowest BCUT2D eigenvalue weighted by Crippen LogP contribution is -2.70. The molecule has 8 rings (SSSR count). The van der Waals surface area contributed by atoms with Gasteiger partial charge in [-0.05, 0) is 97.2 Å². The van der Waals surface area contributed by atoms with Crippen molar-refractivity contribution in [3.63, 3.8) is 0 Å². The van der Waals surface area contributed by atoms with E-state index in [1.54, 1.807) is 7.11 Å². The first-order valence-electron chi connectivity index (χ1n) is 24.7. The van der Waals surface area contributed by atoms with E-state index < -0.39 is 128 Å². The van der Waals surface area contributed by atoms with Crippen molar-refractivity contribution in [3.8, 4) is 0 Å². The summed E-state index contributed by atoms with van der Waals surface area (Å²) in [4.78, 5) is 0. The first-order valence-corrected chi connectivity index (χ1v) is 24.7. The van der Waals surface area contributed by atoms with Crippen molar-refractivity contribution in [2.24, 2.45) is 50.2 Å². The van der Waals surface area contributed by atoms with Gasteiger partial charge in [-0.25, -0.2) is 0 Å². The number of rotatable bonds is 10. The summed E-state index contributed by atoms with van der Waals surface area (Å²) >= 11 is 0. The fraction of sp³-hybridized carbons (Fsp3) is 0.959. The van der Waals surface area contributed by atoms with E-state index in [-0.39, 0.29) is 52.1 Å². The third-order valence-corrected chi connectivity index (χ3v) is 19.6. The number of hydrogen-bond acceptors (Lipinski definition) is 18. The number of hydrogen-bond donors (Lipinski definition) is 11. The summed E-state index contributed by atoms with van der Waals surface area (Å²) in [6.07, 6.45) is -16.1. The highest BCUT2D eigenvalue weighted by Crippen LogP contribution is 2.76. The van der Waals surface area contributed by atoms with Crippen molar-refractivity contribution in [2.75, 3.05) is 26.9 Å². The molecule has 5 aliphatic carbocycles. The van der Waals surface area contributed by atoms with E-state index in [1.807, 2.05) is 0 Å². The Hall–Kier alpha value is -0.980. The Balaban J connectivity index is 1.05. The first-order chi connectivity index (χ1) is 31.3. The topological polar surface area (TPSA) is 287 Å². The molecular formula is C49H82O18. The maximum absolute atomic E-state index is 12.2. The van der Waals surface area contributed by atoms with Crippen LogP contribution in [-0.4, -0.2) is 194 Å². The van der Waals surface area contributed by atoms with Gasteiger partial charge >= 0.3 is 0 Å². The van der Waals surface area contributed by atoms with Gasteiger partial charge in [0.05, 0.1) is 44.2 Å². The van der Waals surface area contributed by atoms with Crippen LogP contribution < -0.4 is 0 Å². The summed E-state index contributed by atoms with van der Waals surface area (Å²) in [5, 5.41) is 120. The van der Waals surface area contributed by atoms with Crippen LogP contribution in [0.5, 0.6) is 0 Å². The highest BCUT2D eigenvalue weighted by molar-refractivity contribution is 5.37. The molecule has 7 fully saturated rings. The average Bonchev–Trinajstić information content (AvgIpc) is 3.27. The molecule has 18 heteroatoms. The molecule has 0 unspecified atom stereocenters. The zero-order valence-corrected chi connectivity index (χ0v) is 40.8. The normalized spacial score (nSPS) is 55.0. The second-order valence-corrected chi connectivity index (χ2v) is 24.0. The Morgan fingerprint density at radius 3 is 1.94 bits per heavy atom. The van der Waals surface area contributed by atoms with Gasteiger partial charge in [0.2, 0.25) is 0 Å². The van der Waals surface area contributed by atoms with E-state index >= 15 is 0 Å². The summed E-state index contributed by atoms with van der Waals surface area (Å²) in [6, 6.07) is 0. The van der Waals surface area contributed by atoms with Crippen LogP contribution in [0.1, 0.15) is 107 Å². The van der Waals surface area contributed by atoms with Crippen molar-refractivity contribution in [1.82, 2.24) is 0 Å². The highest BCUT2D eigenvalue weighted by atomic mass is 16.8. The quantitative estimate of drug-likeness (QED) is 0.103. The molecule has 67 heavy (non-hydrogen) atoms. The monoisotopic (exact) mass is 959 g/mol. The minimum atomic E-state index is -1.77. The van der Waals surface area contributed by atoms with Crippen LogP contribution in [0.2, 0.25) is 0 Å². The molecule has 0 aromatic carbocycles. The number of ether oxygens (including phenoxy) is 7. The molecule has 8 aliphatic rings. The van der Waals surface area contributed by atoms with Crippen molar-refractivity contribution in [1.29, 1.82) is 0 Å². The molecule has 3 aliphatic heterocycles. The lowest BCUT2D eigenvalue weighted by molar-refractivity contribution is -0.374. The Bertz CT molecular complexity index is 1780. The van der Waals surface area contributed by atoms with Crippen LogP contribution in [0.15, 0.2) is 11.6 Å². The molecule has 386 valence electrons. The molecule has 4 saturated carbocycles. The molecule has 18 nitrogen and oxygen atoms in total. The van der Waals surface area contributed by atoms with Crippen LogP contribution in [0, 0.1) is 50.2 Å². The van der Waals surface area contributed by atoms with E-state index in [0.717, 1.165) is 38.5 Å². The summed E-state index contributed by atoms with van der Waals surface area (Å²) in [6.45, 7) is 16.2. The molecule has 0 aromatic heterocycles. The summed E-state index contributed by atoms with van der Waals surface area (Å²) in [7, 11) is 1.79. The molecule has 0 aromatic rings. The van der Waals surface area contributed by atoms with Gasteiger partial charge in [0.1, 0.15) is 67.1 Å². The number of aliphatic hydroxyl groups excluding tert-OH is 11. The number of fused-ring (bicyclic) bond motifs is 7. The van der Waals surface area contributed by atoms with E-state index in [1.165, 1.54) is 12.5 Å². The number of allylic oxidation sites excluding steroid dienone is 1. The van der Waals surface area contributed by atoms with Crippen molar-refractivity contribution in [3.05, 3.63) is 11.6 Å². The van der Waals surface area contributed by atoms with Gasteiger partial charge in [0, 0.05) is 18.4 Å². The van der Waals surface area contributed by atoms with Gasteiger partial charge < -0.3 is 89.3 Å². The third kappa shape index (κ3) is 8.24. The fourth-order valence-corrected chi connectivity index (χ4v) is 15.4. The fourth-order valence-electron chi connectivity index (χ4n) is 15.4. The number of aliphatic hydroxyl groups is 11. The maximum Gasteiger partial charge on any atom is 0.187 e. The van der Waals surface area contributed by atoms with Crippen molar-refractivity contribution in [2.45, 2.75) is 217 Å². The highest BCUT2D eigenvalue weighted by Gasteiger charge is 2.72. The van der Waals surface area contributed by atoms with Crippen LogP contribution >= 0.6 is 0 Å². The van der Waals surface area contributed by atoms with Gasteiger partial charge in [-0.15, -0.1) is 0 Å². The van der Waals surface area contributed by atoms with Gasteiger partial charge in [-0.1, -0.05) is 60.1 Å². The molecule has 3 saturated heterocycles. The SMILES string of the molecule is CO[C@H]1C=C2[C@H]3CC(C)(C)CC[C@@]3(CO)[C@H](O)C[C@]2(C)[C@]2(C)CC[C@H]3C(C)(C)[C@@H](O[C@H]4O[C@@H](CO[C@H]5O[C@@H](CO)[C@H](O)[C@@H](O)[C@@H]5O)[C@H](O[C@H]5O[C@@H](C)[C@H](O)[C@@H](O)[C@@H]5O)[C@@H](O)[C@@H]4O)CC[C@]3(C)[C@@H]12. The van der Waals surface area contributed by atoms with E-state index in [2.05, 4.69) is 54.5 Å². The molecule has 0 spiro atoms. The molecule has 0 radical (unpaired) electrons. The average molecular weight is 959 g/mol. The lowest BCUT2D eigenvalue weighted by Gasteiger charge is -2.73. The smallest absolute Gasteiger partial charge is 0.187 e. The Kier molecular flexibility index (Phi) is 14.5. The zero-order valence-electron chi connectivity index (χ0n) is 40.8. The van der Waals surface area contributed by atoms with Crippen LogP contribution in [0.3, 0.4) is 0 Å². The second kappa shape index (κ2) is 18.5. The summed E-state index contributed by atoms with van der Waals surface area (Å²) < 4.78 is 42.9. The third-order valence-electron chi connectivity index (χ3n) is 19.6. The van der Waals surface area contributed by atoms with E-state index in [4.69, 9.17) is 33.2 Å². The number of methoxy groups -OCH3 is 1. The maximum atomic E-state index is 12.2. The van der Waals surface area contributed by atoms with Gasteiger partial charge in [0.15, 0.2) is 18.9 Å². The molecule has 0 bridgehead atoms. The predicted octanol–water partition coefficient (Wildman–Crippen LogP) is 0.237. The first kappa shape index (κ1) is 52.3. The molecule has 0 amide bonds. The Labute approximate surface area is 394 Å². The van der Waals surface area contributed by atoms with Crippen molar-refractivity contribution >= 4 is 0 Å². The minimum Gasteiger partial charge on any atom is -0.396 e. The largest absolute Gasteiger partial charge is 0.396 e. The van der Waals surface area contributed by atoms with Gasteiger partial charge in [0.25, 0.3) is 0 Å². The zero-order chi connectivity index (χ0) is 49.1. The standard InChI is InChI=1S/C49H82O18/c1-22-31(53)33(55)37(59)42(63-22)67-39-27(20-62-41-36(58)34(56)32(54)26(19-50)64-41)65-43(38(60)35(39)57)66-30-11-12-46(6)28(45(30,4)5)10-13-47(7)40(46)25(61-9)16-23-24-17-44(2,3)14-15-49(24,21-51)29(52)18-48(23,47)8/h16,22,24-43,50-60H,10-15,17-21H2,1-9H3/t22-,24+,25-,26-,27-,28-,29+,30-,31-,32-,33+,34+,35-,36-,37-,38-,39-,40+,41-,42+,43+,46-,47+,48-,49-/m0/s1. The molecule has 11 N–H and O–H groups in total. The predicted molar refractivity (Wildman–Crippen MR) is 236 cm³/mol. The summed E-state index contributed by atoms with van der Waals surface area (Å²) in [5.41, 5.74) is -0.631. The van der Waals surface area contributed by atoms with Crippen LogP contribution in [0.25, 0.3) is 0 Å². The van der Waals surface area contributed by atoms with Crippen LogP contribution in [-0.2, 0) is 33.2 Å². The van der Waals surface area contributed by atoms with Gasteiger partial charge in [-0.3, -0.25) is 0 Å². The van der Waals surface area contributed by atoms with Gasteiger partial charge in [-0.2, -0.15) is 0 Å². The Morgan fingerprint density at radius 1 is 0.657 bits per heavy atom.